The van der Waals surface area contributed by atoms with Crippen LogP contribution < -0.4 is 9.79 Å². The van der Waals surface area contributed by atoms with Gasteiger partial charge in [-0.2, -0.15) is 0 Å². The molecule has 0 aliphatic carbocycles. The molecular weight excluding hydrogens is 335 g/mol. The van der Waals surface area contributed by atoms with Crippen LogP contribution >= 0.6 is 17.4 Å². The molecule has 0 aromatic carbocycles. The summed E-state index contributed by atoms with van der Waals surface area (Å²) in [5.41, 5.74) is 0. The van der Waals surface area contributed by atoms with Gasteiger partial charge in [-0.3, -0.25) is 9.13 Å². The molecular formula is C12H28O4P2Zn. The summed E-state index contributed by atoms with van der Waals surface area (Å²) in [6.45, 7) is 13.5. The normalized spacial score (nSPS) is 8.53. The van der Waals surface area contributed by atoms with Gasteiger partial charge in [0, 0.05) is 0 Å². The van der Waals surface area contributed by atoms with Gasteiger partial charge >= 0.3 is 19.5 Å². The molecule has 0 saturated heterocycles. The van der Waals surface area contributed by atoms with Crippen LogP contribution in [0.5, 0.6) is 0 Å². The fourth-order valence-corrected chi connectivity index (χ4v) is 0.577. The van der Waals surface area contributed by atoms with Gasteiger partial charge in [-0.25, -0.2) is 0 Å². The van der Waals surface area contributed by atoms with Gasteiger partial charge in [-0.15, -0.1) is 0 Å². The summed E-state index contributed by atoms with van der Waals surface area (Å²) in [5.74, 6) is 1.87. The average molecular weight is 364 g/mol. The maximum atomic E-state index is 8.35. The summed E-state index contributed by atoms with van der Waals surface area (Å²) in [6, 6.07) is 0. The van der Waals surface area contributed by atoms with Crippen LogP contribution in [0.25, 0.3) is 0 Å². The maximum absolute atomic E-state index is 8.35. The van der Waals surface area contributed by atoms with Crippen molar-refractivity contribution in [1.29, 1.82) is 0 Å². The summed E-state index contributed by atoms with van der Waals surface area (Å²) in [4.78, 5) is 16.7. The molecule has 0 heterocycles. The molecule has 0 aliphatic heterocycles. The van der Waals surface area contributed by atoms with Crippen molar-refractivity contribution in [2.45, 2.75) is 67.2 Å². The molecule has 0 aromatic heterocycles. The van der Waals surface area contributed by atoms with Crippen molar-refractivity contribution in [1.82, 2.24) is 0 Å². The number of hydrogen-bond acceptors (Lipinski definition) is 4. The number of rotatable bonds is 4. The molecule has 19 heavy (non-hydrogen) atoms. The van der Waals surface area contributed by atoms with Crippen molar-refractivity contribution in [3.8, 4) is 0 Å². The van der Waals surface area contributed by atoms with E-state index in [1.54, 1.807) is 0 Å². The topological polar surface area (TPSA) is 80.3 Å². The number of hydrogen-bond donors (Lipinski definition) is 0. The van der Waals surface area contributed by atoms with Gasteiger partial charge in [-0.05, 0) is 11.8 Å². The van der Waals surface area contributed by atoms with Crippen LogP contribution in [0.3, 0.4) is 0 Å². The summed E-state index contributed by atoms with van der Waals surface area (Å²) in [5, 5.41) is 0. The predicted octanol–water partition coefficient (Wildman–Crippen LogP) is 3.99. The van der Waals surface area contributed by atoms with Crippen LogP contribution in [-0.2, 0) is 28.6 Å². The molecule has 0 bridgehead atoms. The zero-order valence-corrected chi connectivity index (χ0v) is 18.0. The first-order valence-electron chi connectivity index (χ1n) is 6.35. The molecule has 112 valence electrons. The molecule has 0 aliphatic rings. The van der Waals surface area contributed by atoms with E-state index in [1.165, 1.54) is 25.7 Å². The molecule has 0 fully saturated rings. The van der Waals surface area contributed by atoms with E-state index in [-0.39, 0.29) is 19.5 Å². The Labute approximate surface area is 135 Å². The Kier molecular flexibility index (Phi) is 61.0. The van der Waals surface area contributed by atoms with Crippen LogP contribution in [0, 0.1) is 11.8 Å². The summed E-state index contributed by atoms with van der Waals surface area (Å²) < 4.78 is 16.7. The second-order valence-corrected chi connectivity index (χ2v) is 4.29. The van der Waals surface area contributed by atoms with Gasteiger partial charge in [0.25, 0.3) is 0 Å². The quantitative estimate of drug-likeness (QED) is 0.558. The van der Waals surface area contributed by atoms with Crippen LogP contribution in [0.15, 0.2) is 0 Å². The van der Waals surface area contributed by atoms with E-state index in [0.29, 0.717) is 0 Å². The molecule has 0 rings (SSSR count). The first-order chi connectivity index (χ1) is 8.44. The van der Waals surface area contributed by atoms with Gasteiger partial charge in [0.2, 0.25) is 0 Å². The van der Waals surface area contributed by atoms with Crippen molar-refractivity contribution in [3.63, 3.8) is 0 Å². The largest absolute Gasteiger partial charge is 2.00 e. The maximum Gasteiger partial charge on any atom is 2.00 e. The molecule has 7 heteroatoms. The molecule has 0 unspecified atom stereocenters. The third-order valence-corrected chi connectivity index (χ3v) is 2.79. The Balaban J connectivity index is -0.0000000476. The molecule has 0 saturated carbocycles. The monoisotopic (exact) mass is 362 g/mol. The zero-order valence-electron chi connectivity index (χ0n) is 13.2. The fourth-order valence-electron chi connectivity index (χ4n) is 0.577. The summed E-state index contributed by atoms with van der Waals surface area (Å²) in [6.07, 6.45) is 5.32. The first kappa shape index (κ1) is 31.9. The van der Waals surface area contributed by atoms with Crippen LogP contribution in [0.1, 0.15) is 67.2 Å². The van der Waals surface area contributed by atoms with Crippen molar-refractivity contribution < 1.29 is 38.4 Å². The predicted molar refractivity (Wildman–Crippen MR) is 74.7 cm³/mol. The summed E-state index contributed by atoms with van der Waals surface area (Å²) in [7, 11) is -2.17. The molecule has 0 spiro atoms. The van der Waals surface area contributed by atoms with E-state index < -0.39 is 17.4 Å². The fraction of sp³-hybridized carbons (Fsp3) is 1.00. The second-order valence-electron chi connectivity index (χ2n) is 3.99. The van der Waals surface area contributed by atoms with E-state index in [9.17, 15) is 0 Å². The van der Waals surface area contributed by atoms with Crippen molar-refractivity contribution in [2.24, 2.45) is 11.8 Å². The van der Waals surface area contributed by atoms with Crippen LogP contribution in [0.2, 0.25) is 0 Å². The second kappa shape index (κ2) is 36.3. The Hall–Kier alpha value is 0.743. The molecule has 4 nitrogen and oxygen atoms in total. The minimum atomic E-state index is -1.08. The smallest absolute Gasteiger partial charge is 0.772 e. The minimum absolute atomic E-state index is 0. The van der Waals surface area contributed by atoms with Crippen LogP contribution in [-0.4, -0.2) is 0 Å². The van der Waals surface area contributed by atoms with Gasteiger partial charge in [0.15, 0.2) is 0 Å². The van der Waals surface area contributed by atoms with E-state index in [4.69, 9.17) is 18.9 Å². The molecule has 0 N–H and O–H groups in total. The van der Waals surface area contributed by atoms with Gasteiger partial charge < -0.3 is 9.79 Å². The van der Waals surface area contributed by atoms with E-state index in [0.717, 1.165) is 11.8 Å². The Morgan fingerprint density at radius 2 is 0.842 bits per heavy atom. The van der Waals surface area contributed by atoms with E-state index in [1.807, 2.05) is 0 Å². The molecule has 0 atom stereocenters. The summed E-state index contributed by atoms with van der Waals surface area (Å²) >= 11 is 0. The Morgan fingerprint density at radius 3 is 0.842 bits per heavy atom. The third kappa shape index (κ3) is 68.7. The average Bonchev–Trinajstić information content (AvgIpc) is 2.39. The SMILES string of the molecule is CCC(C)CC.CCC(C)CC.O=P[O-].O=P[O-].[Zn+2]. The van der Waals surface area contributed by atoms with Gasteiger partial charge in [0.1, 0.15) is 0 Å². The first-order valence-corrected chi connectivity index (χ1v) is 7.81. The van der Waals surface area contributed by atoms with Crippen LogP contribution in [0.4, 0.5) is 0 Å². The van der Waals surface area contributed by atoms with Crippen molar-refractivity contribution in [2.75, 3.05) is 0 Å². The van der Waals surface area contributed by atoms with E-state index >= 15 is 0 Å². The van der Waals surface area contributed by atoms with Crippen molar-refractivity contribution in [3.05, 3.63) is 0 Å². The van der Waals surface area contributed by atoms with E-state index in [2.05, 4.69) is 41.5 Å². The minimum Gasteiger partial charge on any atom is -0.772 e. The Morgan fingerprint density at radius 1 is 0.737 bits per heavy atom. The molecule has 0 amide bonds. The third-order valence-electron chi connectivity index (χ3n) is 2.79. The standard InChI is InChI=1S/2C6H14.2HO2P.Zn/c2*1-4-6(3)5-2;2*1-3-2;/h2*6H,4-5H2,1-3H3;2*(H,1,2);/q;;;;+2/p-2. The van der Waals surface area contributed by atoms with Crippen molar-refractivity contribution >= 4 is 17.4 Å². The zero-order chi connectivity index (χ0) is 15.4. The Bertz CT molecular complexity index is 128. The molecule has 0 radical (unpaired) electrons. The van der Waals surface area contributed by atoms with Gasteiger partial charge in [0.05, 0.1) is 17.4 Å². The molecule has 0 aromatic rings. The van der Waals surface area contributed by atoms with Gasteiger partial charge in [-0.1, -0.05) is 67.2 Å².